The van der Waals surface area contributed by atoms with Crippen LogP contribution in [0.5, 0.6) is 0 Å². The third-order valence-electron chi connectivity index (χ3n) is 2.56. The first-order valence-electron chi connectivity index (χ1n) is 4.33. The first kappa shape index (κ1) is 8.20. The number of hydrogen-bond acceptors (Lipinski definition) is 3. The molecule has 0 saturated heterocycles. The molecule has 1 aliphatic carbocycles. The van der Waals surface area contributed by atoms with E-state index in [1.54, 1.807) is 11.3 Å². The van der Waals surface area contributed by atoms with Crippen LogP contribution in [0.15, 0.2) is 11.7 Å². The molecule has 12 heavy (non-hydrogen) atoms. The van der Waals surface area contributed by atoms with Gasteiger partial charge in [0.25, 0.3) is 0 Å². The van der Waals surface area contributed by atoms with Crippen molar-refractivity contribution in [1.29, 1.82) is 0 Å². The molecule has 1 aliphatic rings. The summed E-state index contributed by atoms with van der Waals surface area (Å²) in [5.41, 5.74) is 1.82. The molecule has 3 unspecified atom stereocenters. The highest BCUT2D eigenvalue weighted by atomic mass is 32.1. The minimum absolute atomic E-state index is 0.138. The summed E-state index contributed by atoms with van der Waals surface area (Å²) in [6.07, 6.45) is 3.70. The van der Waals surface area contributed by atoms with Crippen molar-refractivity contribution < 1.29 is 5.11 Å². The van der Waals surface area contributed by atoms with Crippen LogP contribution in [0.1, 0.15) is 18.2 Å². The fourth-order valence-corrected chi connectivity index (χ4v) is 2.23. The molecule has 1 aromatic rings. The topological polar surface area (TPSA) is 33.1 Å². The van der Waals surface area contributed by atoms with Crippen molar-refractivity contribution in [3.63, 3.8) is 0 Å². The van der Waals surface area contributed by atoms with Gasteiger partial charge < -0.3 is 5.11 Å². The maximum Gasteiger partial charge on any atom is 0.0794 e. The molecule has 1 saturated carbocycles. The van der Waals surface area contributed by atoms with Crippen LogP contribution in [0.3, 0.4) is 0 Å². The lowest BCUT2D eigenvalue weighted by atomic mass is 10.1. The zero-order chi connectivity index (χ0) is 8.55. The summed E-state index contributed by atoms with van der Waals surface area (Å²) in [7, 11) is 0. The standard InChI is InChI=1S/C9H13NOS/c1-6-2-8(6)9(11)3-7-4-10-5-12-7/h4-6,8-9,11H,2-3H2,1H3. The summed E-state index contributed by atoms with van der Waals surface area (Å²) < 4.78 is 0. The number of rotatable bonds is 3. The molecular weight excluding hydrogens is 170 g/mol. The van der Waals surface area contributed by atoms with Crippen LogP contribution in [0, 0.1) is 11.8 Å². The summed E-state index contributed by atoms with van der Waals surface area (Å²) in [5.74, 6) is 1.28. The summed E-state index contributed by atoms with van der Waals surface area (Å²) in [5, 5.41) is 9.71. The number of thiazole rings is 1. The quantitative estimate of drug-likeness (QED) is 0.773. The van der Waals surface area contributed by atoms with Crippen LogP contribution in [0.2, 0.25) is 0 Å². The van der Waals surface area contributed by atoms with Crippen LogP contribution >= 0.6 is 11.3 Å². The molecular formula is C9H13NOS. The van der Waals surface area contributed by atoms with E-state index >= 15 is 0 Å². The first-order chi connectivity index (χ1) is 5.77. The van der Waals surface area contributed by atoms with Gasteiger partial charge in [0.1, 0.15) is 0 Å². The second-order valence-electron chi connectivity index (χ2n) is 3.62. The Morgan fingerprint density at radius 3 is 3.08 bits per heavy atom. The van der Waals surface area contributed by atoms with E-state index in [-0.39, 0.29) is 6.10 Å². The Morgan fingerprint density at radius 2 is 2.58 bits per heavy atom. The van der Waals surface area contributed by atoms with E-state index in [9.17, 15) is 5.11 Å². The molecule has 1 N–H and O–H groups in total. The summed E-state index contributed by atoms with van der Waals surface area (Å²) in [6, 6.07) is 0. The van der Waals surface area contributed by atoms with Crippen LogP contribution in [0.25, 0.3) is 0 Å². The molecule has 3 heteroatoms. The second kappa shape index (κ2) is 3.15. The van der Waals surface area contributed by atoms with Crippen molar-refractivity contribution in [2.75, 3.05) is 0 Å². The molecule has 1 fully saturated rings. The Kier molecular flexibility index (Phi) is 2.15. The van der Waals surface area contributed by atoms with E-state index in [0.717, 1.165) is 12.3 Å². The van der Waals surface area contributed by atoms with Gasteiger partial charge in [-0.2, -0.15) is 0 Å². The first-order valence-corrected chi connectivity index (χ1v) is 5.21. The molecule has 0 aliphatic heterocycles. The normalized spacial score (nSPS) is 30.2. The molecule has 1 heterocycles. The minimum atomic E-state index is -0.138. The molecule has 0 bridgehead atoms. The number of aromatic nitrogens is 1. The van der Waals surface area contributed by atoms with Gasteiger partial charge in [-0.1, -0.05) is 6.92 Å². The van der Waals surface area contributed by atoms with Gasteiger partial charge in [-0.05, 0) is 18.3 Å². The fourth-order valence-electron chi connectivity index (χ4n) is 1.59. The third kappa shape index (κ3) is 1.67. The van der Waals surface area contributed by atoms with Crippen molar-refractivity contribution in [3.8, 4) is 0 Å². The zero-order valence-corrected chi connectivity index (χ0v) is 7.92. The molecule has 66 valence electrons. The highest BCUT2D eigenvalue weighted by Crippen LogP contribution is 2.41. The van der Waals surface area contributed by atoms with Gasteiger partial charge in [0, 0.05) is 17.5 Å². The Bertz CT molecular complexity index is 247. The Balaban J connectivity index is 1.87. The van der Waals surface area contributed by atoms with Gasteiger partial charge in [-0.25, -0.2) is 0 Å². The molecule has 2 nitrogen and oxygen atoms in total. The largest absolute Gasteiger partial charge is 0.392 e. The third-order valence-corrected chi connectivity index (χ3v) is 3.36. The minimum Gasteiger partial charge on any atom is -0.392 e. The van der Waals surface area contributed by atoms with Crippen molar-refractivity contribution in [1.82, 2.24) is 4.98 Å². The fraction of sp³-hybridized carbons (Fsp3) is 0.667. The van der Waals surface area contributed by atoms with E-state index in [0.29, 0.717) is 5.92 Å². The van der Waals surface area contributed by atoms with Crippen molar-refractivity contribution in [3.05, 3.63) is 16.6 Å². The van der Waals surface area contributed by atoms with Crippen LogP contribution in [-0.2, 0) is 6.42 Å². The number of aliphatic hydroxyl groups excluding tert-OH is 1. The van der Waals surface area contributed by atoms with E-state index in [1.165, 1.54) is 11.3 Å². The lowest BCUT2D eigenvalue weighted by Gasteiger charge is -2.06. The average Bonchev–Trinajstić information content (AvgIpc) is 2.58. The van der Waals surface area contributed by atoms with Gasteiger partial charge in [0.05, 0.1) is 11.6 Å². The Labute approximate surface area is 76.3 Å². The highest BCUT2D eigenvalue weighted by Gasteiger charge is 2.38. The smallest absolute Gasteiger partial charge is 0.0794 e. The maximum absolute atomic E-state index is 9.71. The number of nitrogens with zero attached hydrogens (tertiary/aromatic N) is 1. The Morgan fingerprint density at radius 1 is 1.83 bits per heavy atom. The predicted molar refractivity (Wildman–Crippen MR) is 49.1 cm³/mol. The molecule has 0 spiro atoms. The molecule has 2 rings (SSSR count). The van der Waals surface area contributed by atoms with Gasteiger partial charge in [0.15, 0.2) is 0 Å². The lowest BCUT2D eigenvalue weighted by molar-refractivity contribution is 0.147. The second-order valence-corrected chi connectivity index (χ2v) is 4.59. The maximum atomic E-state index is 9.71. The summed E-state index contributed by atoms with van der Waals surface area (Å²) in [6.45, 7) is 2.19. The zero-order valence-electron chi connectivity index (χ0n) is 7.10. The van der Waals surface area contributed by atoms with Crippen molar-refractivity contribution in [2.45, 2.75) is 25.9 Å². The van der Waals surface area contributed by atoms with Crippen molar-refractivity contribution >= 4 is 11.3 Å². The average molecular weight is 183 g/mol. The summed E-state index contributed by atoms with van der Waals surface area (Å²) in [4.78, 5) is 5.18. The lowest BCUT2D eigenvalue weighted by Crippen LogP contribution is -2.12. The van der Waals surface area contributed by atoms with Gasteiger partial charge in [-0.15, -0.1) is 11.3 Å². The van der Waals surface area contributed by atoms with E-state index in [2.05, 4.69) is 11.9 Å². The summed E-state index contributed by atoms with van der Waals surface area (Å²) >= 11 is 1.63. The monoisotopic (exact) mass is 183 g/mol. The molecule has 0 aromatic carbocycles. The SMILES string of the molecule is CC1CC1C(O)Cc1cncs1. The molecule has 0 amide bonds. The van der Waals surface area contributed by atoms with E-state index in [4.69, 9.17) is 0 Å². The predicted octanol–water partition coefficient (Wildman–Crippen LogP) is 1.70. The van der Waals surface area contributed by atoms with Crippen LogP contribution in [-0.4, -0.2) is 16.2 Å². The molecule has 0 radical (unpaired) electrons. The van der Waals surface area contributed by atoms with Gasteiger partial charge in [0.2, 0.25) is 0 Å². The van der Waals surface area contributed by atoms with Crippen molar-refractivity contribution in [2.24, 2.45) is 11.8 Å². The molecule has 1 aromatic heterocycles. The van der Waals surface area contributed by atoms with Gasteiger partial charge in [-0.3, -0.25) is 4.98 Å². The number of hydrogen-bond donors (Lipinski definition) is 1. The highest BCUT2D eigenvalue weighted by molar-refractivity contribution is 7.09. The van der Waals surface area contributed by atoms with Gasteiger partial charge >= 0.3 is 0 Å². The van der Waals surface area contributed by atoms with Crippen LogP contribution < -0.4 is 0 Å². The number of aliphatic hydroxyl groups is 1. The Hall–Kier alpha value is -0.410. The molecule has 3 atom stereocenters. The van der Waals surface area contributed by atoms with E-state index < -0.39 is 0 Å². The van der Waals surface area contributed by atoms with Crippen LogP contribution in [0.4, 0.5) is 0 Å². The van der Waals surface area contributed by atoms with E-state index in [1.807, 2.05) is 11.7 Å².